The number of hydrogen-bond donors (Lipinski definition) is 3. The molecule has 1 atom stereocenters. The van der Waals surface area contributed by atoms with Gasteiger partial charge in [0.1, 0.15) is 23.1 Å². The van der Waals surface area contributed by atoms with Gasteiger partial charge in [0.2, 0.25) is 0 Å². The molecule has 1 unspecified atom stereocenters. The second kappa shape index (κ2) is 9.63. The van der Waals surface area contributed by atoms with Gasteiger partial charge in [-0.2, -0.15) is 0 Å². The lowest BCUT2D eigenvalue weighted by molar-refractivity contribution is -0.881. The third-order valence-corrected chi connectivity index (χ3v) is 3.93. The Morgan fingerprint density at radius 2 is 1.56 bits per heavy atom. The molecule has 0 fully saturated rings. The van der Waals surface area contributed by atoms with Crippen LogP contribution in [0.1, 0.15) is 6.92 Å². The van der Waals surface area contributed by atoms with E-state index < -0.39 is 23.2 Å². The van der Waals surface area contributed by atoms with Crippen molar-refractivity contribution in [3.63, 3.8) is 0 Å². The van der Waals surface area contributed by atoms with E-state index in [1.165, 1.54) is 13.2 Å². The zero-order valence-electron chi connectivity index (χ0n) is 15.1. The minimum absolute atomic E-state index is 0.0156. The molecule has 3 N–H and O–H groups in total. The van der Waals surface area contributed by atoms with Crippen molar-refractivity contribution in [3.8, 4) is 5.75 Å². The van der Waals surface area contributed by atoms with Gasteiger partial charge >= 0.3 is 0 Å². The van der Waals surface area contributed by atoms with E-state index in [1.807, 2.05) is 6.92 Å². The molecule has 2 amide bonds. The average molecular weight is 378 g/mol. The Kier molecular flexibility index (Phi) is 7.25. The van der Waals surface area contributed by atoms with Crippen LogP contribution in [-0.4, -0.2) is 38.6 Å². The highest BCUT2D eigenvalue weighted by Crippen LogP contribution is 2.22. The number of carbonyl (C=O) groups excluding carboxylic acids is 2. The van der Waals surface area contributed by atoms with Crippen molar-refractivity contribution in [3.05, 3.63) is 54.1 Å². The molecular weight excluding hydrogens is 356 g/mol. The third kappa shape index (κ3) is 5.75. The Morgan fingerprint density at radius 3 is 2.15 bits per heavy atom. The first kappa shape index (κ1) is 20.3. The first-order valence-corrected chi connectivity index (χ1v) is 8.44. The third-order valence-electron chi connectivity index (χ3n) is 3.93. The van der Waals surface area contributed by atoms with Crippen LogP contribution < -0.4 is 20.3 Å². The summed E-state index contributed by atoms with van der Waals surface area (Å²) in [6.07, 6.45) is 0. The summed E-state index contributed by atoms with van der Waals surface area (Å²) in [6, 6.07) is 10.3. The highest BCUT2D eigenvalue weighted by molar-refractivity contribution is 5.94. The molecule has 0 radical (unpaired) electrons. The number of para-hydroxylation sites is 3. The SMILES string of the molecule is CC[NH+](CC(=O)Nc1ccccc1OC)CC(=O)Nc1c(F)cccc1F. The average Bonchev–Trinajstić information content (AvgIpc) is 2.64. The highest BCUT2D eigenvalue weighted by atomic mass is 19.1. The number of rotatable bonds is 8. The van der Waals surface area contributed by atoms with Crippen LogP contribution in [0.3, 0.4) is 0 Å². The van der Waals surface area contributed by atoms with E-state index >= 15 is 0 Å². The number of benzene rings is 2. The van der Waals surface area contributed by atoms with Crippen LogP contribution in [0.4, 0.5) is 20.2 Å². The fourth-order valence-electron chi connectivity index (χ4n) is 2.51. The number of quaternary nitrogens is 1. The van der Waals surface area contributed by atoms with Crippen LogP contribution in [0.2, 0.25) is 0 Å². The van der Waals surface area contributed by atoms with Gasteiger partial charge < -0.3 is 20.3 Å². The van der Waals surface area contributed by atoms with Gasteiger partial charge in [-0.1, -0.05) is 18.2 Å². The molecule has 144 valence electrons. The van der Waals surface area contributed by atoms with Crippen molar-refractivity contribution in [2.75, 3.05) is 37.4 Å². The summed E-state index contributed by atoms with van der Waals surface area (Å²) in [4.78, 5) is 25.0. The number of hydrogen-bond acceptors (Lipinski definition) is 3. The lowest BCUT2D eigenvalue weighted by atomic mass is 10.3. The Morgan fingerprint density at radius 1 is 0.963 bits per heavy atom. The maximum absolute atomic E-state index is 13.6. The summed E-state index contributed by atoms with van der Waals surface area (Å²) in [5, 5.41) is 4.95. The Hall–Kier alpha value is -3.00. The van der Waals surface area contributed by atoms with Crippen molar-refractivity contribution in [2.45, 2.75) is 6.92 Å². The predicted molar refractivity (Wildman–Crippen MR) is 97.8 cm³/mol. The Bertz CT molecular complexity index is 794. The Balaban J connectivity index is 1.94. The maximum atomic E-state index is 13.6. The monoisotopic (exact) mass is 378 g/mol. The molecule has 0 heterocycles. The van der Waals surface area contributed by atoms with E-state index in [2.05, 4.69) is 10.6 Å². The van der Waals surface area contributed by atoms with Crippen molar-refractivity contribution in [1.29, 1.82) is 0 Å². The molecule has 0 saturated heterocycles. The highest BCUT2D eigenvalue weighted by Gasteiger charge is 2.19. The van der Waals surface area contributed by atoms with Crippen molar-refractivity contribution >= 4 is 23.2 Å². The first-order valence-electron chi connectivity index (χ1n) is 8.44. The first-order chi connectivity index (χ1) is 12.9. The quantitative estimate of drug-likeness (QED) is 0.651. The molecule has 27 heavy (non-hydrogen) atoms. The van der Waals surface area contributed by atoms with E-state index in [-0.39, 0.29) is 19.0 Å². The van der Waals surface area contributed by atoms with Crippen molar-refractivity contribution in [2.24, 2.45) is 0 Å². The molecule has 0 aliphatic carbocycles. The van der Waals surface area contributed by atoms with Crippen LogP contribution >= 0.6 is 0 Å². The zero-order valence-corrected chi connectivity index (χ0v) is 15.1. The zero-order chi connectivity index (χ0) is 19.8. The van der Waals surface area contributed by atoms with E-state index in [0.29, 0.717) is 22.9 Å². The van der Waals surface area contributed by atoms with Gasteiger partial charge in [-0.05, 0) is 31.2 Å². The van der Waals surface area contributed by atoms with Gasteiger partial charge in [0, 0.05) is 0 Å². The number of amides is 2. The molecule has 0 saturated carbocycles. The van der Waals surface area contributed by atoms with Crippen LogP contribution in [0.25, 0.3) is 0 Å². The second-order valence-electron chi connectivity index (χ2n) is 5.85. The molecule has 2 aromatic carbocycles. The van der Waals surface area contributed by atoms with Gasteiger partial charge in [0.15, 0.2) is 13.1 Å². The molecular formula is C19H22F2N3O3+. The summed E-state index contributed by atoms with van der Waals surface area (Å²) in [6.45, 7) is 2.19. The fourth-order valence-corrected chi connectivity index (χ4v) is 2.51. The van der Waals surface area contributed by atoms with E-state index in [0.717, 1.165) is 12.1 Å². The van der Waals surface area contributed by atoms with Gasteiger partial charge in [0.05, 0.1) is 19.3 Å². The molecule has 0 aliphatic rings. The van der Waals surface area contributed by atoms with Gasteiger partial charge in [-0.3, -0.25) is 9.59 Å². The lowest BCUT2D eigenvalue weighted by Gasteiger charge is -2.17. The normalized spacial score (nSPS) is 11.6. The van der Waals surface area contributed by atoms with Crippen LogP contribution in [0.15, 0.2) is 42.5 Å². The summed E-state index contributed by atoms with van der Waals surface area (Å²) >= 11 is 0. The summed E-state index contributed by atoms with van der Waals surface area (Å²) in [7, 11) is 1.50. The molecule has 0 spiro atoms. The van der Waals surface area contributed by atoms with Crippen LogP contribution in [0.5, 0.6) is 5.75 Å². The number of methoxy groups -OCH3 is 1. The van der Waals surface area contributed by atoms with Gasteiger partial charge in [-0.25, -0.2) is 8.78 Å². The topological polar surface area (TPSA) is 71.9 Å². The number of halogens is 2. The largest absolute Gasteiger partial charge is 0.495 e. The van der Waals surface area contributed by atoms with Crippen molar-refractivity contribution in [1.82, 2.24) is 0 Å². The van der Waals surface area contributed by atoms with E-state index in [1.54, 1.807) is 24.3 Å². The smallest absolute Gasteiger partial charge is 0.279 e. The molecule has 2 aromatic rings. The minimum Gasteiger partial charge on any atom is -0.495 e. The number of carbonyl (C=O) groups is 2. The summed E-state index contributed by atoms with van der Waals surface area (Å²) in [5.41, 5.74) is 0.0368. The van der Waals surface area contributed by atoms with E-state index in [9.17, 15) is 18.4 Å². The number of anilines is 2. The van der Waals surface area contributed by atoms with Crippen LogP contribution in [-0.2, 0) is 9.59 Å². The fraction of sp³-hybridized carbons (Fsp3) is 0.263. The molecule has 2 rings (SSSR count). The van der Waals surface area contributed by atoms with E-state index in [4.69, 9.17) is 4.74 Å². The predicted octanol–water partition coefficient (Wildman–Crippen LogP) is 1.46. The molecule has 0 bridgehead atoms. The van der Waals surface area contributed by atoms with Crippen molar-refractivity contribution < 1.29 is 28.0 Å². The lowest BCUT2D eigenvalue weighted by Crippen LogP contribution is -3.13. The second-order valence-corrected chi connectivity index (χ2v) is 5.85. The molecule has 0 aromatic heterocycles. The van der Waals surface area contributed by atoms with Gasteiger partial charge in [0.25, 0.3) is 11.8 Å². The summed E-state index contributed by atoms with van der Waals surface area (Å²) in [5.74, 6) is -2.07. The molecule has 8 heteroatoms. The van der Waals surface area contributed by atoms with Gasteiger partial charge in [-0.15, -0.1) is 0 Å². The Labute approximate surface area is 156 Å². The number of likely N-dealkylation sites (N-methyl/N-ethyl adjacent to an activating group) is 1. The standard InChI is InChI=1S/C19H21F2N3O3/c1-3-24(11-17(25)22-15-9-4-5-10-16(15)27-2)12-18(26)23-19-13(20)7-6-8-14(19)21/h4-10H,3,11-12H2,1-2H3,(H,22,25)(H,23,26)/p+1. The number of nitrogens with one attached hydrogen (secondary N) is 3. The minimum atomic E-state index is -0.852. The summed E-state index contributed by atoms with van der Waals surface area (Å²) < 4.78 is 32.4. The molecule has 0 aliphatic heterocycles. The number of ether oxygens (including phenoxy) is 1. The molecule has 6 nitrogen and oxygen atoms in total. The maximum Gasteiger partial charge on any atom is 0.279 e. The van der Waals surface area contributed by atoms with Crippen LogP contribution in [0, 0.1) is 11.6 Å².